The molecule has 2 rings (SSSR count). The lowest BCUT2D eigenvalue weighted by molar-refractivity contribution is -0.121. The highest BCUT2D eigenvalue weighted by Crippen LogP contribution is 2.18. The van der Waals surface area contributed by atoms with Crippen molar-refractivity contribution >= 4 is 35.8 Å². The van der Waals surface area contributed by atoms with Crippen LogP contribution in [0.25, 0.3) is 0 Å². The third-order valence-corrected chi connectivity index (χ3v) is 5.19. The molecule has 2 aliphatic rings. The predicted molar refractivity (Wildman–Crippen MR) is 119 cm³/mol. The molecule has 1 amide bonds. The summed E-state index contributed by atoms with van der Waals surface area (Å²) >= 11 is 0. The molecule has 0 aromatic carbocycles. The Morgan fingerprint density at radius 2 is 1.96 bits per heavy atom. The number of hydrogen-bond acceptors (Lipinski definition) is 4. The number of amides is 1. The van der Waals surface area contributed by atoms with Crippen LogP contribution in [-0.2, 0) is 14.3 Å². The Morgan fingerprint density at radius 3 is 2.67 bits per heavy atom. The number of rotatable bonds is 9. The zero-order valence-corrected chi connectivity index (χ0v) is 19.2. The van der Waals surface area contributed by atoms with Gasteiger partial charge in [-0.3, -0.25) is 9.79 Å². The van der Waals surface area contributed by atoms with Crippen molar-refractivity contribution in [2.75, 3.05) is 53.6 Å². The number of hydrogen-bond donors (Lipinski definition) is 2. The van der Waals surface area contributed by atoms with E-state index in [1.165, 1.54) is 19.3 Å². The third-order valence-electron chi connectivity index (χ3n) is 5.19. The fourth-order valence-electron chi connectivity index (χ4n) is 3.72. The molecule has 2 fully saturated rings. The molecule has 1 aliphatic heterocycles. The highest BCUT2D eigenvalue weighted by Gasteiger charge is 2.25. The molecule has 1 saturated heterocycles. The van der Waals surface area contributed by atoms with Crippen molar-refractivity contribution in [3.63, 3.8) is 0 Å². The SMILES string of the molecule is CN=C(NCCC(=O)NC1CCCCC1)N1CCC(COCCOC)C1.I. The van der Waals surface area contributed by atoms with Crippen LogP contribution < -0.4 is 10.6 Å². The van der Waals surface area contributed by atoms with Gasteiger partial charge < -0.3 is 25.0 Å². The Hall–Kier alpha value is -0.610. The van der Waals surface area contributed by atoms with E-state index in [1.54, 1.807) is 14.2 Å². The predicted octanol–water partition coefficient (Wildman–Crippen LogP) is 2.00. The van der Waals surface area contributed by atoms with E-state index in [2.05, 4.69) is 20.5 Å². The molecule has 0 spiro atoms. The number of halogens is 1. The molecule has 1 heterocycles. The van der Waals surface area contributed by atoms with Gasteiger partial charge in [0.2, 0.25) is 5.91 Å². The number of carbonyl (C=O) groups is 1. The molecule has 0 radical (unpaired) electrons. The normalized spacial score (nSPS) is 21.0. The fraction of sp³-hybridized carbons (Fsp3) is 0.895. The number of ether oxygens (including phenoxy) is 2. The summed E-state index contributed by atoms with van der Waals surface area (Å²) in [7, 11) is 3.48. The summed E-state index contributed by atoms with van der Waals surface area (Å²) in [5.74, 6) is 1.56. The van der Waals surface area contributed by atoms with E-state index in [0.717, 1.165) is 44.9 Å². The standard InChI is InChI=1S/C19H36N4O3.HI/c1-20-19(23-11-9-16(14-23)15-26-13-12-25-2)21-10-8-18(24)22-17-6-4-3-5-7-17;/h16-17H,3-15H2,1-2H3,(H,20,21)(H,22,24);1H. The average molecular weight is 496 g/mol. The van der Waals surface area contributed by atoms with E-state index >= 15 is 0 Å². The van der Waals surface area contributed by atoms with Gasteiger partial charge in [-0.25, -0.2) is 0 Å². The van der Waals surface area contributed by atoms with Crippen molar-refractivity contribution in [3.8, 4) is 0 Å². The van der Waals surface area contributed by atoms with Crippen LogP contribution in [0.2, 0.25) is 0 Å². The first-order valence-electron chi connectivity index (χ1n) is 10.0. The maximum Gasteiger partial charge on any atom is 0.221 e. The quantitative estimate of drug-likeness (QED) is 0.221. The summed E-state index contributed by atoms with van der Waals surface area (Å²) in [6, 6.07) is 0.382. The summed E-state index contributed by atoms with van der Waals surface area (Å²) in [5, 5.41) is 6.49. The van der Waals surface area contributed by atoms with Gasteiger partial charge >= 0.3 is 0 Å². The van der Waals surface area contributed by atoms with Crippen LogP contribution in [0.1, 0.15) is 44.9 Å². The van der Waals surface area contributed by atoms with Gasteiger partial charge in [0.05, 0.1) is 19.8 Å². The summed E-state index contributed by atoms with van der Waals surface area (Å²) in [6.45, 7) is 4.60. The van der Waals surface area contributed by atoms with Crippen LogP contribution in [-0.4, -0.2) is 76.4 Å². The molecule has 1 atom stereocenters. The summed E-state index contributed by atoms with van der Waals surface area (Å²) in [5.41, 5.74) is 0. The summed E-state index contributed by atoms with van der Waals surface area (Å²) in [6.07, 6.45) is 7.63. The van der Waals surface area contributed by atoms with Crippen LogP contribution in [0.15, 0.2) is 4.99 Å². The highest BCUT2D eigenvalue weighted by molar-refractivity contribution is 14.0. The van der Waals surface area contributed by atoms with E-state index < -0.39 is 0 Å². The minimum Gasteiger partial charge on any atom is -0.382 e. The van der Waals surface area contributed by atoms with Crippen molar-refractivity contribution in [1.82, 2.24) is 15.5 Å². The molecule has 8 heteroatoms. The molecule has 0 aromatic heterocycles. The van der Waals surface area contributed by atoms with Crippen LogP contribution in [0.5, 0.6) is 0 Å². The van der Waals surface area contributed by atoms with Gasteiger partial charge in [-0.1, -0.05) is 19.3 Å². The van der Waals surface area contributed by atoms with Gasteiger partial charge in [0, 0.05) is 52.2 Å². The van der Waals surface area contributed by atoms with Crippen LogP contribution in [0.4, 0.5) is 0 Å². The number of carbonyl (C=O) groups excluding carboxylic acids is 1. The maximum absolute atomic E-state index is 12.1. The second kappa shape index (κ2) is 14.4. The molecule has 1 unspecified atom stereocenters. The van der Waals surface area contributed by atoms with E-state index in [-0.39, 0.29) is 29.9 Å². The van der Waals surface area contributed by atoms with Crippen molar-refractivity contribution in [1.29, 1.82) is 0 Å². The number of guanidine groups is 1. The Balaban J connectivity index is 0.00000364. The molecule has 0 bridgehead atoms. The maximum atomic E-state index is 12.1. The molecular formula is C19H37IN4O3. The van der Waals surface area contributed by atoms with Gasteiger partial charge in [-0.2, -0.15) is 0 Å². The molecule has 7 nitrogen and oxygen atoms in total. The van der Waals surface area contributed by atoms with Gasteiger partial charge in [-0.05, 0) is 19.3 Å². The van der Waals surface area contributed by atoms with Gasteiger partial charge in [0.15, 0.2) is 5.96 Å². The molecule has 1 aliphatic carbocycles. The third kappa shape index (κ3) is 9.43. The Kier molecular flexibility index (Phi) is 13.0. The Labute approximate surface area is 181 Å². The molecule has 2 N–H and O–H groups in total. The molecule has 1 saturated carbocycles. The van der Waals surface area contributed by atoms with Gasteiger partial charge in [0.25, 0.3) is 0 Å². The monoisotopic (exact) mass is 496 g/mol. The van der Waals surface area contributed by atoms with Crippen molar-refractivity contribution in [2.24, 2.45) is 10.9 Å². The minimum atomic E-state index is 0. The average Bonchev–Trinajstić information content (AvgIpc) is 3.12. The molecular weight excluding hydrogens is 459 g/mol. The van der Waals surface area contributed by atoms with Crippen molar-refractivity contribution in [3.05, 3.63) is 0 Å². The zero-order valence-electron chi connectivity index (χ0n) is 16.9. The van der Waals surface area contributed by atoms with Crippen LogP contribution in [0, 0.1) is 5.92 Å². The van der Waals surface area contributed by atoms with Crippen LogP contribution >= 0.6 is 24.0 Å². The molecule has 0 aromatic rings. The summed E-state index contributed by atoms with van der Waals surface area (Å²) < 4.78 is 10.6. The largest absolute Gasteiger partial charge is 0.382 e. The van der Waals surface area contributed by atoms with E-state index in [9.17, 15) is 4.79 Å². The Morgan fingerprint density at radius 1 is 1.19 bits per heavy atom. The first-order valence-corrected chi connectivity index (χ1v) is 10.0. The lowest BCUT2D eigenvalue weighted by Gasteiger charge is -2.24. The first-order chi connectivity index (χ1) is 12.7. The number of nitrogens with zero attached hydrogens (tertiary/aromatic N) is 2. The second-order valence-corrected chi connectivity index (χ2v) is 7.29. The highest BCUT2D eigenvalue weighted by atomic mass is 127. The van der Waals surface area contributed by atoms with Gasteiger partial charge in [-0.15, -0.1) is 24.0 Å². The van der Waals surface area contributed by atoms with E-state index in [0.29, 0.717) is 38.1 Å². The van der Waals surface area contributed by atoms with Gasteiger partial charge in [0.1, 0.15) is 0 Å². The lowest BCUT2D eigenvalue weighted by atomic mass is 9.95. The van der Waals surface area contributed by atoms with Crippen molar-refractivity contribution < 1.29 is 14.3 Å². The lowest BCUT2D eigenvalue weighted by Crippen LogP contribution is -2.42. The molecule has 158 valence electrons. The van der Waals surface area contributed by atoms with Crippen molar-refractivity contribution in [2.45, 2.75) is 51.0 Å². The second-order valence-electron chi connectivity index (χ2n) is 7.29. The number of aliphatic imine (C=N–C) groups is 1. The number of nitrogens with one attached hydrogen (secondary N) is 2. The zero-order chi connectivity index (χ0) is 18.6. The first kappa shape index (κ1) is 24.4. The van der Waals surface area contributed by atoms with E-state index in [4.69, 9.17) is 9.47 Å². The smallest absolute Gasteiger partial charge is 0.221 e. The topological polar surface area (TPSA) is 75.2 Å². The fourth-order valence-corrected chi connectivity index (χ4v) is 3.72. The van der Waals surface area contributed by atoms with E-state index in [1.807, 2.05) is 0 Å². The van der Waals surface area contributed by atoms with Crippen LogP contribution in [0.3, 0.4) is 0 Å². The Bertz CT molecular complexity index is 445. The number of methoxy groups -OCH3 is 1. The minimum absolute atomic E-state index is 0. The number of likely N-dealkylation sites (tertiary alicyclic amines) is 1. The summed E-state index contributed by atoms with van der Waals surface area (Å²) in [4.78, 5) is 18.7. The molecule has 27 heavy (non-hydrogen) atoms.